The molecule has 8 heteroatoms. The van der Waals surface area contributed by atoms with E-state index in [9.17, 15) is 8.42 Å². The lowest BCUT2D eigenvalue weighted by Gasteiger charge is -2.33. The van der Waals surface area contributed by atoms with Crippen LogP contribution in [0, 0.1) is 13.8 Å². The summed E-state index contributed by atoms with van der Waals surface area (Å²) in [5, 5.41) is 0.571. The number of pyridine rings is 2. The van der Waals surface area contributed by atoms with E-state index in [-0.39, 0.29) is 6.04 Å². The summed E-state index contributed by atoms with van der Waals surface area (Å²) in [5.41, 5.74) is 3.90. The van der Waals surface area contributed by atoms with Crippen molar-refractivity contribution in [2.24, 2.45) is 0 Å². The highest BCUT2D eigenvalue weighted by Gasteiger charge is 2.23. The number of hydrogen-bond donors (Lipinski definition) is 1. The Kier molecular flexibility index (Phi) is 5.50. The van der Waals surface area contributed by atoms with Crippen LogP contribution in [-0.2, 0) is 10.0 Å². The summed E-state index contributed by atoms with van der Waals surface area (Å²) in [6.45, 7) is 5.51. The molecule has 1 aliphatic heterocycles. The van der Waals surface area contributed by atoms with E-state index < -0.39 is 10.0 Å². The summed E-state index contributed by atoms with van der Waals surface area (Å²) < 4.78 is 25.5. The Balaban J connectivity index is 1.80. The molecule has 0 aliphatic carbocycles. The second-order valence-electron chi connectivity index (χ2n) is 6.85. The zero-order chi connectivity index (χ0) is 18.9. The van der Waals surface area contributed by atoms with Crippen LogP contribution in [0.3, 0.4) is 0 Å². The zero-order valence-electron chi connectivity index (χ0n) is 15.2. The minimum atomic E-state index is -3.17. The molecular formula is C18H23ClN4O2S. The first-order valence-electron chi connectivity index (χ1n) is 8.54. The normalized spacial score (nSPS) is 16.1. The maximum absolute atomic E-state index is 11.4. The quantitative estimate of drug-likeness (QED) is 0.862. The van der Waals surface area contributed by atoms with Crippen LogP contribution in [0.15, 0.2) is 24.5 Å². The van der Waals surface area contributed by atoms with Gasteiger partial charge in [-0.3, -0.25) is 4.98 Å². The Hall–Kier alpha value is -1.70. The van der Waals surface area contributed by atoms with Crippen LogP contribution >= 0.6 is 11.6 Å². The molecule has 6 nitrogen and oxygen atoms in total. The van der Waals surface area contributed by atoms with Crippen LogP contribution in [0.5, 0.6) is 0 Å². The lowest BCUT2D eigenvalue weighted by atomic mass is 10.0. The fourth-order valence-electron chi connectivity index (χ4n) is 3.31. The number of nitrogens with one attached hydrogen (secondary N) is 1. The van der Waals surface area contributed by atoms with E-state index in [4.69, 9.17) is 11.6 Å². The number of sulfonamides is 1. The van der Waals surface area contributed by atoms with E-state index in [0.717, 1.165) is 54.1 Å². The van der Waals surface area contributed by atoms with Crippen molar-refractivity contribution in [1.82, 2.24) is 14.7 Å². The Labute approximate surface area is 159 Å². The van der Waals surface area contributed by atoms with Crippen LogP contribution in [0.4, 0.5) is 5.82 Å². The van der Waals surface area contributed by atoms with Crippen LogP contribution in [0.2, 0.25) is 5.02 Å². The fourth-order valence-corrected chi connectivity index (χ4v) is 4.34. The van der Waals surface area contributed by atoms with Crippen LogP contribution < -0.4 is 9.62 Å². The van der Waals surface area contributed by atoms with Gasteiger partial charge in [0.05, 0.1) is 17.0 Å². The van der Waals surface area contributed by atoms with Gasteiger partial charge in [-0.05, 0) is 43.9 Å². The Morgan fingerprint density at radius 2 is 1.85 bits per heavy atom. The van der Waals surface area contributed by atoms with Gasteiger partial charge in [-0.15, -0.1) is 0 Å². The zero-order valence-corrected chi connectivity index (χ0v) is 16.7. The fraction of sp³-hybridized carbons (Fsp3) is 0.444. The maximum atomic E-state index is 11.4. The summed E-state index contributed by atoms with van der Waals surface area (Å²) >= 11 is 6.38. The maximum Gasteiger partial charge on any atom is 0.208 e. The molecule has 0 spiro atoms. The smallest absolute Gasteiger partial charge is 0.208 e. The summed E-state index contributed by atoms with van der Waals surface area (Å²) in [6.07, 6.45) is 6.18. The van der Waals surface area contributed by atoms with E-state index in [1.165, 1.54) is 6.26 Å². The molecule has 0 aromatic carbocycles. The van der Waals surface area contributed by atoms with Gasteiger partial charge in [0.15, 0.2) is 0 Å². The molecule has 2 aromatic heterocycles. The van der Waals surface area contributed by atoms with Crippen molar-refractivity contribution < 1.29 is 8.42 Å². The number of aromatic nitrogens is 2. The van der Waals surface area contributed by atoms with Crippen LogP contribution in [0.25, 0.3) is 11.3 Å². The van der Waals surface area contributed by atoms with Gasteiger partial charge in [-0.25, -0.2) is 18.1 Å². The molecule has 0 saturated carbocycles. The highest BCUT2D eigenvalue weighted by molar-refractivity contribution is 7.88. The van der Waals surface area contributed by atoms with E-state index >= 15 is 0 Å². The SMILES string of the molecule is Cc1cnc(-c2cc(N3CCC(NS(C)(=O)=O)CC3)ncc2Cl)c(C)c1. The molecular weight excluding hydrogens is 372 g/mol. The summed E-state index contributed by atoms with van der Waals surface area (Å²) in [6, 6.07) is 4.03. The molecule has 3 heterocycles. The lowest BCUT2D eigenvalue weighted by molar-refractivity contribution is 0.460. The molecule has 0 atom stereocenters. The van der Waals surface area contributed by atoms with Gasteiger partial charge >= 0.3 is 0 Å². The van der Waals surface area contributed by atoms with Gasteiger partial charge in [0, 0.05) is 37.1 Å². The molecule has 0 unspecified atom stereocenters. The molecule has 2 aromatic rings. The lowest BCUT2D eigenvalue weighted by Crippen LogP contribution is -2.44. The Bertz CT molecular complexity index is 909. The van der Waals surface area contributed by atoms with Gasteiger partial charge in [0.2, 0.25) is 10.0 Å². The second kappa shape index (κ2) is 7.50. The number of nitrogens with zero attached hydrogens (tertiary/aromatic N) is 3. The number of rotatable bonds is 4. The van der Waals surface area contributed by atoms with Crippen LogP contribution in [-0.4, -0.2) is 43.8 Å². The number of aryl methyl sites for hydroxylation is 2. The van der Waals surface area contributed by atoms with E-state index in [1.54, 1.807) is 6.20 Å². The predicted molar refractivity (Wildman–Crippen MR) is 105 cm³/mol. The minimum absolute atomic E-state index is 0.0194. The third kappa shape index (κ3) is 4.52. The van der Waals surface area contributed by atoms with Gasteiger partial charge in [0.25, 0.3) is 0 Å². The standard InChI is InChI=1S/C18H23ClN4O2S/c1-12-8-13(2)18(21-10-12)15-9-17(20-11-16(15)19)23-6-4-14(5-7-23)22-26(3,24)25/h8-11,14,22H,4-7H2,1-3H3. The first kappa shape index (κ1) is 19.1. The Morgan fingerprint density at radius 1 is 1.15 bits per heavy atom. The van der Waals surface area contributed by atoms with E-state index in [2.05, 4.69) is 25.7 Å². The molecule has 1 N–H and O–H groups in total. The van der Waals surface area contributed by atoms with Crippen molar-refractivity contribution in [1.29, 1.82) is 0 Å². The second-order valence-corrected chi connectivity index (χ2v) is 9.04. The predicted octanol–water partition coefficient (Wildman–Crippen LogP) is 2.93. The molecule has 1 saturated heterocycles. The first-order valence-corrected chi connectivity index (χ1v) is 10.8. The number of halogens is 1. The monoisotopic (exact) mass is 394 g/mol. The molecule has 26 heavy (non-hydrogen) atoms. The molecule has 1 aliphatic rings. The van der Waals surface area contributed by atoms with Crippen molar-refractivity contribution >= 4 is 27.4 Å². The summed E-state index contributed by atoms with van der Waals surface area (Å²) in [7, 11) is -3.17. The summed E-state index contributed by atoms with van der Waals surface area (Å²) in [4.78, 5) is 11.2. The number of anilines is 1. The molecule has 0 bridgehead atoms. The third-order valence-electron chi connectivity index (χ3n) is 4.51. The van der Waals surface area contributed by atoms with Gasteiger partial charge in [0.1, 0.15) is 5.82 Å². The van der Waals surface area contributed by atoms with Crippen molar-refractivity contribution in [3.8, 4) is 11.3 Å². The van der Waals surface area contributed by atoms with Crippen molar-refractivity contribution in [3.63, 3.8) is 0 Å². The molecule has 0 radical (unpaired) electrons. The average Bonchev–Trinajstić information content (AvgIpc) is 2.55. The molecule has 140 valence electrons. The average molecular weight is 395 g/mol. The van der Waals surface area contributed by atoms with Crippen molar-refractivity contribution in [2.75, 3.05) is 24.2 Å². The minimum Gasteiger partial charge on any atom is -0.356 e. The van der Waals surface area contributed by atoms with Crippen molar-refractivity contribution in [2.45, 2.75) is 32.7 Å². The largest absolute Gasteiger partial charge is 0.356 e. The topological polar surface area (TPSA) is 75.2 Å². The number of piperidine rings is 1. The Morgan fingerprint density at radius 3 is 2.46 bits per heavy atom. The molecule has 3 rings (SSSR count). The van der Waals surface area contributed by atoms with Gasteiger partial charge in [-0.2, -0.15) is 0 Å². The first-order chi connectivity index (χ1) is 12.2. The highest BCUT2D eigenvalue weighted by atomic mass is 35.5. The summed E-state index contributed by atoms with van der Waals surface area (Å²) in [5.74, 6) is 0.837. The van der Waals surface area contributed by atoms with E-state index in [1.807, 2.05) is 26.1 Å². The third-order valence-corrected chi connectivity index (χ3v) is 5.57. The molecule has 1 fully saturated rings. The van der Waals surface area contributed by atoms with Gasteiger partial charge < -0.3 is 4.90 Å². The highest BCUT2D eigenvalue weighted by Crippen LogP contribution is 2.32. The van der Waals surface area contributed by atoms with Crippen LogP contribution in [0.1, 0.15) is 24.0 Å². The van der Waals surface area contributed by atoms with Crippen molar-refractivity contribution in [3.05, 3.63) is 40.7 Å². The van der Waals surface area contributed by atoms with E-state index in [0.29, 0.717) is 5.02 Å². The van der Waals surface area contributed by atoms with Gasteiger partial charge in [-0.1, -0.05) is 17.7 Å². The number of hydrogen-bond acceptors (Lipinski definition) is 5. The molecule has 0 amide bonds.